The molecule has 0 aromatic carbocycles. The molecule has 0 bridgehead atoms. The highest BCUT2D eigenvalue weighted by molar-refractivity contribution is 7.99. The van der Waals surface area contributed by atoms with Crippen LogP contribution in [-0.4, -0.2) is 34.7 Å². The molecule has 0 unspecified atom stereocenters. The quantitative estimate of drug-likeness (QED) is 0.636. The van der Waals surface area contributed by atoms with Gasteiger partial charge in [0.1, 0.15) is 16.5 Å². The van der Waals surface area contributed by atoms with Crippen LogP contribution in [0.1, 0.15) is 53.1 Å². The van der Waals surface area contributed by atoms with E-state index in [-0.39, 0.29) is 10.8 Å². The maximum Gasteiger partial charge on any atom is 0.197 e. The van der Waals surface area contributed by atoms with Gasteiger partial charge in [0, 0.05) is 30.3 Å². The summed E-state index contributed by atoms with van der Waals surface area (Å²) in [5, 5.41) is 10.2. The Hall–Kier alpha value is -2.35. The van der Waals surface area contributed by atoms with E-state index in [0.717, 1.165) is 21.7 Å². The molecule has 0 radical (unpaired) electrons. The third kappa shape index (κ3) is 4.32. The zero-order chi connectivity index (χ0) is 19.8. The highest BCUT2D eigenvalue weighted by atomic mass is 32.2. The van der Waals surface area contributed by atoms with Gasteiger partial charge in [-0.2, -0.15) is 0 Å². The Morgan fingerprint density at radius 1 is 0.926 bits per heavy atom. The third-order valence-electron chi connectivity index (χ3n) is 3.96. The summed E-state index contributed by atoms with van der Waals surface area (Å²) in [4.78, 5) is 18.0. The van der Waals surface area contributed by atoms with Crippen molar-refractivity contribution in [3.05, 3.63) is 36.2 Å². The minimum atomic E-state index is -0.138. The van der Waals surface area contributed by atoms with Gasteiger partial charge >= 0.3 is 0 Å². The van der Waals surface area contributed by atoms with Crippen molar-refractivity contribution in [2.75, 3.05) is 0 Å². The third-order valence-corrected chi connectivity index (χ3v) is 4.92. The van der Waals surface area contributed by atoms with Crippen LogP contribution < -0.4 is 0 Å². The summed E-state index contributed by atoms with van der Waals surface area (Å²) in [6.45, 7) is 12.8. The van der Waals surface area contributed by atoms with Crippen molar-refractivity contribution in [2.24, 2.45) is 7.05 Å². The molecule has 0 N–H and O–H groups in total. The number of aromatic nitrogens is 7. The molecule has 142 valence electrons. The Balaban J connectivity index is 2.00. The van der Waals surface area contributed by atoms with Gasteiger partial charge in [-0.15, -0.1) is 10.2 Å². The first-order valence-corrected chi connectivity index (χ1v) is 9.61. The van der Waals surface area contributed by atoms with Gasteiger partial charge in [-0.05, 0) is 17.8 Å². The Morgan fingerprint density at radius 2 is 1.67 bits per heavy atom. The monoisotopic (exact) mass is 383 g/mol. The molecule has 3 aromatic rings. The summed E-state index contributed by atoms with van der Waals surface area (Å²) >= 11 is 1.48. The molecule has 0 aliphatic rings. The van der Waals surface area contributed by atoms with E-state index in [2.05, 4.69) is 61.7 Å². The first-order valence-electron chi connectivity index (χ1n) is 8.79. The smallest absolute Gasteiger partial charge is 0.197 e. The van der Waals surface area contributed by atoms with Crippen LogP contribution in [0.2, 0.25) is 0 Å². The van der Waals surface area contributed by atoms with Crippen LogP contribution in [0.25, 0.3) is 11.5 Å². The Bertz CT molecular complexity index is 905. The summed E-state index contributed by atoms with van der Waals surface area (Å²) in [7, 11) is 1.92. The van der Waals surface area contributed by atoms with E-state index in [1.807, 2.05) is 17.7 Å². The van der Waals surface area contributed by atoms with Crippen molar-refractivity contribution in [1.29, 1.82) is 0 Å². The lowest BCUT2D eigenvalue weighted by atomic mass is 9.90. The van der Waals surface area contributed by atoms with Crippen LogP contribution >= 0.6 is 11.8 Å². The van der Waals surface area contributed by atoms with E-state index >= 15 is 0 Å². The van der Waals surface area contributed by atoms with Crippen LogP contribution in [0.4, 0.5) is 0 Å². The largest absolute Gasteiger partial charge is 0.303 e. The molecule has 7 nitrogen and oxygen atoms in total. The fourth-order valence-corrected chi connectivity index (χ4v) is 3.13. The zero-order valence-corrected chi connectivity index (χ0v) is 17.7. The van der Waals surface area contributed by atoms with Crippen LogP contribution in [0.3, 0.4) is 0 Å². The van der Waals surface area contributed by atoms with Crippen molar-refractivity contribution >= 4 is 11.8 Å². The summed E-state index contributed by atoms with van der Waals surface area (Å²) in [5.41, 5.74) is 1.50. The summed E-state index contributed by atoms with van der Waals surface area (Å²) in [6.07, 6.45) is 4.96. The van der Waals surface area contributed by atoms with Gasteiger partial charge in [-0.25, -0.2) is 15.0 Å². The SMILES string of the molecule is Cn1c(Sc2cc(C(C)(C)C)nc(C(C)(C)C)n2)nnc1-c1cnccn1. The van der Waals surface area contributed by atoms with Gasteiger partial charge in [0.05, 0.1) is 11.9 Å². The molecule has 0 saturated carbocycles. The maximum atomic E-state index is 4.81. The van der Waals surface area contributed by atoms with Crippen molar-refractivity contribution in [3.8, 4) is 11.5 Å². The molecule has 8 heteroatoms. The average molecular weight is 384 g/mol. The van der Waals surface area contributed by atoms with Gasteiger partial charge in [0.15, 0.2) is 11.0 Å². The summed E-state index contributed by atoms with van der Waals surface area (Å²) in [5.74, 6) is 1.50. The molecular weight excluding hydrogens is 358 g/mol. The van der Waals surface area contributed by atoms with Crippen molar-refractivity contribution in [1.82, 2.24) is 34.7 Å². The fourth-order valence-electron chi connectivity index (χ4n) is 2.33. The second kappa shape index (κ2) is 6.99. The lowest BCUT2D eigenvalue weighted by Crippen LogP contribution is -2.22. The molecule has 0 amide bonds. The standard InChI is InChI=1S/C19H25N7S/c1-18(2,3)13-10-14(23-16(22-13)19(4,5)6)27-17-25-24-15(26(17)7)12-11-20-8-9-21-12/h8-11H,1-7H3. The highest BCUT2D eigenvalue weighted by Crippen LogP contribution is 2.32. The molecule has 27 heavy (non-hydrogen) atoms. The molecule has 0 atom stereocenters. The van der Waals surface area contributed by atoms with Gasteiger partial charge in [0.25, 0.3) is 0 Å². The molecule has 3 heterocycles. The normalized spacial score (nSPS) is 12.4. The number of rotatable bonds is 3. The topological polar surface area (TPSA) is 82.3 Å². The number of hydrogen-bond acceptors (Lipinski definition) is 7. The minimum Gasteiger partial charge on any atom is -0.303 e. The molecule has 3 rings (SSSR count). The van der Waals surface area contributed by atoms with Crippen molar-refractivity contribution in [3.63, 3.8) is 0 Å². The van der Waals surface area contributed by atoms with Crippen molar-refractivity contribution < 1.29 is 0 Å². The second-order valence-electron chi connectivity index (χ2n) is 8.47. The molecule has 3 aromatic heterocycles. The Morgan fingerprint density at radius 3 is 2.26 bits per heavy atom. The van der Waals surface area contributed by atoms with E-state index in [9.17, 15) is 0 Å². The van der Waals surface area contributed by atoms with E-state index in [1.54, 1.807) is 18.6 Å². The Labute approximate surface area is 164 Å². The van der Waals surface area contributed by atoms with E-state index in [0.29, 0.717) is 11.5 Å². The van der Waals surface area contributed by atoms with E-state index in [1.165, 1.54) is 11.8 Å². The van der Waals surface area contributed by atoms with Gasteiger partial charge in [0.2, 0.25) is 0 Å². The van der Waals surface area contributed by atoms with Crippen LogP contribution in [0.15, 0.2) is 34.8 Å². The molecular formula is C19H25N7S. The first-order chi connectivity index (χ1) is 12.6. The van der Waals surface area contributed by atoms with Crippen LogP contribution in [-0.2, 0) is 17.9 Å². The first kappa shape index (κ1) is 19.4. The molecule has 0 aliphatic heterocycles. The van der Waals surface area contributed by atoms with E-state index < -0.39 is 0 Å². The second-order valence-corrected chi connectivity index (χ2v) is 9.46. The summed E-state index contributed by atoms with van der Waals surface area (Å²) in [6, 6.07) is 2.04. The molecule has 0 saturated heterocycles. The number of hydrogen-bond donors (Lipinski definition) is 0. The minimum absolute atomic E-state index is 0.0665. The summed E-state index contributed by atoms with van der Waals surface area (Å²) < 4.78 is 1.91. The maximum absolute atomic E-state index is 4.81. The Kier molecular flexibility index (Phi) is 5.03. The fraction of sp³-hybridized carbons (Fsp3) is 0.474. The van der Waals surface area contributed by atoms with Gasteiger partial charge in [-0.3, -0.25) is 4.98 Å². The highest BCUT2D eigenvalue weighted by Gasteiger charge is 2.24. The van der Waals surface area contributed by atoms with Gasteiger partial charge < -0.3 is 4.57 Å². The predicted octanol–water partition coefficient (Wildman–Crippen LogP) is 3.81. The van der Waals surface area contributed by atoms with Crippen LogP contribution in [0, 0.1) is 0 Å². The average Bonchev–Trinajstić information content (AvgIpc) is 2.94. The van der Waals surface area contributed by atoms with Gasteiger partial charge in [-0.1, -0.05) is 41.5 Å². The van der Waals surface area contributed by atoms with E-state index in [4.69, 9.17) is 9.97 Å². The van der Waals surface area contributed by atoms with Crippen molar-refractivity contribution in [2.45, 2.75) is 62.6 Å². The van der Waals surface area contributed by atoms with Crippen LogP contribution in [0.5, 0.6) is 0 Å². The molecule has 0 aliphatic carbocycles. The zero-order valence-electron chi connectivity index (χ0n) is 16.8. The number of nitrogens with zero attached hydrogens (tertiary/aromatic N) is 7. The lowest BCUT2D eigenvalue weighted by molar-refractivity contribution is 0.505. The molecule has 0 spiro atoms. The lowest BCUT2D eigenvalue weighted by Gasteiger charge is -2.23. The predicted molar refractivity (Wildman–Crippen MR) is 106 cm³/mol. The molecule has 0 fully saturated rings.